The molecule has 108 valence electrons. The monoisotopic (exact) mass is 278 g/mol. The summed E-state index contributed by atoms with van der Waals surface area (Å²) in [5.74, 6) is 0. The minimum atomic E-state index is -3.28. The van der Waals surface area contributed by atoms with Crippen LogP contribution in [0.2, 0.25) is 0 Å². The average Bonchev–Trinajstić information content (AvgIpc) is 2.40. The molecule has 0 aromatic heterocycles. The molecule has 0 bridgehead atoms. The van der Waals surface area contributed by atoms with Gasteiger partial charge in [0, 0.05) is 31.8 Å². The first kappa shape index (κ1) is 15.9. The van der Waals surface area contributed by atoms with Crippen LogP contribution in [0.3, 0.4) is 0 Å². The van der Waals surface area contributed by atoms with Crippen molar-refractivity contribution in [3.63, 3.8) is 0 Å². The molecule has 1 aliphatic heterocycles. The number of hydrogen-bond donors (Lipinski definition) is 1. The minimum absolute atomic E-state index is 0.316. The molecule has 18 heavy (non-hydrogen) atoms. The number of sulfonamides is 1. The molecule has 1 saturated heterocycles. The van der Waals surface area contributed by atoms with Gasteiger partial charge in [-0.05, 0) is 26.2 Å². The molecule has 0 aromatic rings. The summed E-state index contributed by atoms with van der Waals surface area (Å²) in [5.41, 5.74) is 5.31. The van der Waals surface area contributed by atoms with Crippen molar-refractivity contribution < 1.29 is 13.2 Å². The van der Waals surface area contributed by atoms with Gasteiger partial charge < -0.3 is 10.5 Å². The number of likely N-dealkylation sites (N-methyl/N-ethyl adjacent to an activating group) is 1. The van der Waals surface area contributed by atoms with E-state index in [-0.39, 0.29) is 5.25 Å². The van der Waals surface area contributed by atoms with Gasteiger partial charge in [0.05, 0.1) is 5.25 Å². The van der Waals surface area contributed by atoms with Gasteiger partial charge in [-0.15, -0.1) is 0 Å². The van der Waals surface area contributed by atoms with Crippen LogP contribution in [0.5, 0.6) is 0 Å². The Hall–Kier alpha value is -0.170. The maximum absolute atomic E-state index is 12.7. The second-order valence-electron chi connectivity index (χ2n) is 5.08. The summed E-state index contributed by atoms with van der Waals surface area (Å²) < 4.78 is 32.2. The van der Waals surface area contributed by atoms with Crippen molar-refractivity contribution in [2.45, 2.75) is 50.8 Å². The number of hydrogen-bond acceptors (Lipinski definition) is 4. The van der Waals surface area contributed by atoms with Gasteiger partial charge in [-0.1, -0.05) is 13.8 Å². The minimum Gasteiger partial charge on any atom is -0.381 e. The summed E-state index contributed by atoms with van der Waals surface area (Å²) in [6.45, 7) is 7.67. The van der Waals surface area contributed by atoms with Crippen molar-refractivity contribution in [3.8, 4) is 0 Å². The van der Waals surface area contributed by atoms with Crippen LogP contribution in [0, 0.1) is 0 Å². The molecule has 0 amide bonds. The first-order valence-electron chi connectivity index (χ1n) is 6.71. The van der Waals surface area contributed by atoms with Gasteiger partial charge in [-0.3, -0.25) is 0 Å². The van der Waals surface area contributed by atoms with Gasteiger partial charge in [-0.25, -0.2) is 8.42 Å². The number of nitrogens with zero attached hydrogens (tertiary/aromatic N) is 1. The van der Waals surface area contributed by atoms with Crippen LogP contribution in [0.1, 0.15) is 40.0 Å². The van der Waals surface area contributed by atoms with Gasteiger partial charge in [0.2, 0.25) is 10.0 Å². The van der Waals surface area contributed by atoms with E-state index in [1.54, 1.807) is 4.31 Å². The Morgan fingerprint density at radius 1 is 1.33 bits per heavy atom. The van der Waals surface area contributed by atoms with Crippen molar-refractivity contribution in [3.05, 3.63) is 0 Å². The summed E-state index contributed by atoms with van der Waals surface area (Å²) in [7, 11) is -3.28. The third-order valence-corrected chi connectivity index (χ3v) is 6.61. The molecule has 5 nitrogen and oxygen atoms in total. The standard InChI is InChI=1S/C12H26N2O3S/c1-4-12(3,10-13)14(5-2)18(15,16)11-6-8-17-9-7-11/h11H,4-10,13H2,1-3H3. The molecule has 2 N–H and O–H groups in total. The van der Waals surface area contributed by atoms with E-state index in [1.807, 2.05) is 20.8 Å². The summed E-state index contributed by atoms with van der Waals surface area (Å²) in [6.07, 6.45) is 1.90. The Labute approximate surface area is 111 Å². The number of rotatable bonds is 6. The highest BCUT2D eigenvalue weighted by Gasteiger charge is 2.41. The fraction of sp³-hybridized carbons (Fsp3) is 1.00. The van der Waals surface area contributed by atoms with E-state index in [1.165, 1.54) is 0 Å². The summed E-state index contributed by atoms with van der Waals surface area (Å²) in [5, 5.41) is -0.316. The highest BCUT2D eigenvalue weighted by molar-refractivity contribution is 7.89. The van der Waals surface area contributed by atoms with E-state index < -0.39 is 15.6 Å². The molecular formula is C12H26N2O3S. The normalized spacial score (nSPS) is 22.1. The van der Waals surface area contributed by atoms with Crippen molar-refractivity contribution in [2.75, 3.05) is 26.3 Å². The molecular weight excluding hydrogens is 252 g/mol. The van der Waals surface area contributed by atoms with E-state index in [2.05, 4.69) is 0 Å². The molecule has 0 aliphatic carbocycles. The Balaban J connectivity index is 2.98. The zero-order valence-electron chi connectivity index (χ0n) is 11.7. The van der Waals surface area contributed by atoms with E-state index >= 15 is 0 Å². The number of nitrogens with two attached hydrogens (primary N) is 1. The maximum atomic E-state index is 12.7. The Morgan fingerprint density at radius 3 is 2.28 bits per heavy atom. The predicted molar refractivity (Wildman–Crippen MR) is 72.9 cm³/mol. The molecule has 1 atom stereocenters. The maximum Gasteiger partial charge on any atom is 0.217 e. The highest BCUT2D eigenvalue weighted by Crippen LogP contribution is 2.27. The van der Waals surface area contributed by atoms with Gasteiger partial charge in [0.1, 0.15) is 0 Å². The summed E-state index contributed by atoms with van der Waals surface area (Å²) in [4.78, 5) is 0. The lowest BCUT2D eigenvalue weighted by molar-refractivity contribution is 0.0955. The molecule has 0 spiro atoms. The Morgan fingerprint density at radius 2 is 1.89 bits per heavy atom. The van der Waals surface area contributed by atoms with Crippen LogP contribution in [0.4, 0.5) is 0 Å². The fourth-order valence-electron chi connectivity index (χ4n) is 2.45. The van der Waals surface area contributed by atoms with E-state index in [0.29, 0.717) is 39.1 Å². The van der Waals surface area contributed by atoms with E-state index in [9.17, 15) is 8.42 Å². The molecule has 1 fully saturated rings. The van der Waals surface area contributed by atoms with Crippen LogP contribution in [0.15, 0.2) is 0 Å². The first-order chi connectivity index (χ1) is 8.42. The fourth-order valence-corrected chi connectivity index (χ4v) is 4.77. The van der Waals surface area contributed by atoms with E-state index in [0.717, 1.165) is 6.42 Å². The quantitative estimate of drug-likeness (QED) is 0.785. The van der Waals surface area contributed by atoms with Crippen LogP contribution < -0.4 is 5.73 Å². The molecule has 1 heterocycles. The SMILES string of the molecule is CCN(C(C)(CC)CN)S(=O)(=O)C1CCOCC1. The van der Waals surface area contributed by atoms with Crippen molar-refractivity contribution in [1.29, 1.82) is 0 Å². The van der Waals surface area contributed by atoms with Crippen LogP contribution in [-0.2, 0) is 14.8 Å². The van der Waals surface area contributed by atoms with Gasteiger partial charge in [0.15, 0.2) is 0 Å². The highest BCUT2D eigenvalue weighted by atomic mass is 32.2. The van der Waals surface area contributed by atoms with Gasteiger partial charge >= 0.3 is 0 Å². The average molecular weight is 278 g/mol. The van der Waals surface area contributed by atoms with Gasteiger partial charge in [-0.2, -0.15) is 4.31 Å². The zero-order chi connectivity index (χ0) is 13.8. The molecule has 1 rings (SSSR count). The zero-order valence-corrected chi connectivity index (χ0v) is 12.5. The second-order valence-corrected chi connectivity index (χ2v) is 7.21. The molecule has 6 heteroatoms. The predicted octanol–water partition coefficient (Wildman–Crippen LogP) is 0.945. The lowest BCUT2D eigenvalue weighted by atomic mass is 9.99. The lowest BCUT2D eigenvalue weighted by Crippen LogP contribution is -2.56. The molecule has 0 radical (unpaired) electrons. The second kappa shape index (κ2) is 6.32. The van der Waals surface area contributed by atoms with Crippen LogP contribution in [0.25, 0.3) is 0 Å². The molecule has 0 saturated carbocycles. The van der Waals surface area contributed by atoms with Crippen molar-refractivity contribution >= 4 is 10.0 Å². The third kappa shape index (κ3) is 3.04. The Bertz CT molecular complexity index is 346. The smallest absolute Gasteiger partial charge is 0.217 e. The molecule has 1 unspecified atom stereocenters. The topological polar surface area (TPSA) is 72.6 Å². The summed E-state index contributed by atoms with van der Waals surface area (Å²) in [6, 6.07) is 0. The molecule has 1 aliphatic rings. The van der Waals surface area contributed by atoms with Crippen molar-refractivity contribution in [2.24, 2.45) is 5.73 Å². The van der Waals surface area contributed by atoms with Crippen LogP contribution >= 0.6 is 0 Å². The lowest BCUT2D eigenvalue weighted by Gasteiger charge is -2.41. The largest absolute Gasteiger partial charge is 0.381 e. The third-order valence-electron chi connectivity index (χ3n) is 3.99. The van der Waals surface area contributed by atoms with Crippen molar-refractivity contribution in [1.82, 2.24) is 4.31 Å². The van der Waals surface area contributed by atoms with E-state index in [4.69, 9.17) is 10.5 Å². The van der Waals surface area contributed by atoms with Gasteiger partial charge in [0.25, 0.3) is 0 Å². The summed E-state index contributed by atoms with van der Waals surface area (Å²) >= 11 is 0. The number of ether oxygens (including phenoxy) is 1. The Kier molecular flexibility index (Phi) is 5.58. The first-order valence-corrected chi connectivity index (χ1v) is 8.22. The molecule has 0 aromatic carbocycles. The van der Waals surface area contributed by atoms with Crippen LogP contribution in [-0.4, -0.2) is 49.8 Å².